The zero-order valence-corrected chi connectivity index (χ0v) is 10.2. The van der Waals surface area contributed by atoms with Gasteiger partial charge in [0.1, 0.15) is 0 Å². The number of hydrogen-bond donors (Lipinski definition) is 1. The molecule has 0 aliphatic carbocycles. The van der Waals surface area contributed by atoms with E-state index in [1.165, 1.54) is 25.0 Å². The number of amides is 1. The highest BCUT2D eigenvalue weighted by Crippen LogP contribution is 2.22. The Morgan fingerprint density at radius 2 is 2.27 bits per heavy atom. The Balaban J connectivity index is 1.87. The average molecular weight is 228 g/mol. The van der Waals surface area contributed by atoms with Gasteiger partial charge in [0.25, 0.3) is 0 Å². The Morgan fingerprint density at radius 1 is 1.40 bits per heavy atom. The van der Waals surface area contributed by atoms with E-state index in [1.54, 1.807) is 0 Å². The van der Waals surface area contributed by atoms with Crippen LogP contribution in [0.1, 0.15) is 25.7 Å². The van der Waals surface area contributed by atoms with E-state index in [-0.39, 0.29) is 6.04 Å². The van der Waals surface area contributed by atoms with Gasteiger partial charge in [0.05, 0.1) is 6.04 Å². The highest BCUT2D eigenvalue weighted by Gasteiger charge is 2.29. The Bertz CT molecular complexity index is 223. The van der Waals surface area contributed by atoms with Crippen LogP contribution in [0.4, 0.5) is 0 Å². The third-order valence-corrected chi connectivity index (χ3v) is 4.55. The summed E-state index contributed by atoms with van der Waals surface area (Å²) in [6.07, 6.45) is 4.59. The third-order valence-electron chi connectivity index (χ3n) is 3.41. The summed E-state index contributed by atoms with van der Waals surface area (Å²) in [7, 11) is 1.97. The molecule has 0 aromatic rings. The number of piperidine rings is 1. The summed E-state index contributed by atoms with van der Waals surface area (Å²) in [6, 6.07) is 0.570. The number of carbonyl (C=O) groups is 1. The zero-order valence-electron chi connectivity index (χ0n) is 9.37. The molecule has 0 aromatic carbocycles. The Morgan fingerprint density at radius 3 is 2.87 bits per heavy atom. The first-order valence-electron chi connectivity index (χ1n) is 5.87. The molecular weight excluding hydrogens is 208 g/mol. The molecular formula is C11H20N2OS. The maximum atomic E-state index is 12.1. The van der Waals surface area contributed by atoms with Crippen LogP contribution in [-0.4, -0.2) is 48.0 Å². The van der Waals surface area contributed by atoms with Gasteiger partial charge in [-0.1, -0.05) is 6.42 Å². The first-order chi connectivity index (χ1) is 7.29. The molecule has 0 radical (unpaired) electrons. The van der Waals surface area contributed by atoms with Crippen molar-refractivity contribution >= 4 is 17.7 Å². The van der Waals surface area contributed by atoms with E-state index in [9.17, 15) is 4.79 Å². The van der Waals surface area contributed by atoms with Crippen molar-refractivity contribution in [3.63, 3.8) is 0 Å². The quantitative estimate of drug-likeness (QED) is 0.768. The minimum atomic E-state index is 0.0920. The third kappa shape index (κ3) is 2.67. The second kappa shape index (κ2) is 5.21. The summed E-state index contributed by atoms with van der Waals surface area (Å²) >= 11 is 1.96. The van der Waals surface area contributed by atoms with E-state index >= 15 is 0 Å². The number of hydrogen-bond acceptors (Lipinski definition) is 3. The molecule has 0 aromatic heterocycles. The second-order valence-corrected chi connectivity index (χ2v) is 5.62. The van der Waals surface area contributed by atoms with E-state index in [1.807, 2.05) is 23.7 Å². The van der Waals surface area contributed by atoms with Crippen LogP contribution in [0.25, 0.3) is 0 Å². The van der Waals surface area contributed by atoms with Crippen LogP contribution in [0.5, 0.6) is 0 Å². The molecule has 1 amide bonds. The lowest BCUT2D eigenvalue weighted by atomic mass is 10.0. The number of rotatable bonds is 2. The van der Waals surface area contributed by atoms with E-state index < -0.39 is 0 Å². The van der Waals surface area contributed by atoms with Gasteiger partial charge in [-0.15, -0.1) is 0 Å². The summed E-state index contributed by atoms with van der Waals surface area (Å²) in [5, 5.41) is 3.33. The number of thioether (sulfide) groups is 1. The molecule has 4 heteroatoms. The lowest BCUT2D eigenvalue weighted by molar-refractivity contribution is -0.134. The number of likely N-dealkylation sites (N-methyl/N-ethyl adjacent to an activating group) is 1. The lowest BCUT2D eigenvalue weighted by Gasteiger charge is -2.30. The fourth-order valence-corrected chi connectivity index (χ4v) is 3.58. The molecule has 0 spiro atoms. The Labute approximate surface area is 96.0 Å². The number of nitrogens with zero attached hydrogens (tertiary/aromatic N) is 1. The van der Waals surface area contributed by atoms with Crippen LogP contribution in [-0.2, 0) is 4.79 Å². The fourth-order valence-electron chi connectivity index (χ4n) is 2.32. The maximum absolute atomic E-state index is 12.1. The summed E-state index contributed by atoms with van der Waals surface area (Å²) in [5.74, 6) is 2.64. The van der Waals surface area contributed by atoms with E-state index in [4.69, 9.17) is 0 Å². The zero-order chi connectivity index (χ0) is 10.7. The molecule has 2 unspecified atom stereocenters. The van der Waals surface area contributed by atoms with Gasteiger partial charge in [0.2, 0.25) is 5.91 Å². The molecule has 0 saturated carbocycles. The normalized spacial score (nSPS) is 31.5. The molecule has 86 valence electrons. The summed E-state index contributed by atoms with van der Waals surface area (Å²) < 4.78 is 0. The maximum Gasteiger partial charge on any atom is 0.239 e. The summed E-state index contributed by atoms with van der Waals surface area (Å²) in [4.78, 5) is 14.1. The van der Waals surface area contributed by atoms with Crippen molar-refractivity contribution in [1.82, 2.24) is 10.2 Å². The molecule has 3 nitrogen and oxygen atoms in total. The Hall–Kier alpha value is -0.220. The molecule has 2 heterocycles. The molecule has 2 atom stereocenters. The van der Waals surface area contributed by atoms with E-state index in [2.05, 4.69) is 5.32 Å². The minimum Gasteiger partial charge on any atom is -0.341 e. The first-order valence-corrected chi connectivity index (χ1v) is 7.02. The SMILES string of the molecule is CN(C(=O)C1CCCCN1)C1CCSC1. The van der Waals surface area contributed by atoms with Crippen LogP contribution in [0, 0.1) is 0 Å². The van der Waals surface area contributed by atoms with Gasteiger partial charge in [0, 0.05) is 18.8 Å². The van der Waals surface area contributed by atoms with Crippen molar-refractivity contribution < 1.29 is 4.79 Å². The average Bonchev–Trinajstić information content (AvgIpc) is 2.82. The van der Waals surface area contributed by atoms with Crippen molar-refractivity contribution in [1.29, 1.82) is 0 Å². The molecule has 2 aliphatic rings. The van der Waals surface area contributed by atoms with Gasteiger partial charge in [0.15, 0.2) is 0 Å². The molecule has 2 rings (SSSR count). The molecule has 2 fully saturated rings. The predicted molar refractivity (Wildman–Crippen MR) is 64.1 cm³/mol. The van der Waals surface area contributed by atoms with Gasteiger partial charge < -0.3 is 10.2 Å². The smallest absolute Gasteiger partial charge is 0.239 e. The highest BCUT2D eigenvalue weighted by molar-refractivity contribution is 7.99. The van der Waals surface area contributed by atoms with Crippen LogP contribution in [0.2, 0.25) is 0 Å². The Kier molecular flexibility index (Phi) is 3.92. The number of carbonyl (C=O) groups excluding carboxylic acids is 1. The van der Waals surface area contributed by atoms with Gasteiger partial charge in [-0.05, 0) is 31.6 Å². The molecule has 2 aliphatic heterocycles. The standard InChI is InChI=1S/C11H20N2OS/c1-13(9-5-7-15-8-9)11(14)10-4-2-3-6-12-10/h9-10,12H,2-8H2,1H3. The largest absolute Gasteiger partial charge is 0.341 e. The van der Waals surface area contributed by atoms with Gasteiger partial charge in [-0.25, -0.2) is 0 Å². The van der Waals surface area contributed by atoms with Crippen molar-refractivity contribution in [2.24, 2.45) is 0 Å². The van der Waals surface area contributed by atoms with Crippen LogP contribution in [0.15, 0.2) is 0 Å². The molecule has 1 N–H and O–H groups in total. The predicted octanol–water partition coefficient (Wildman–Crippen LogP) is 1.09. The van der Waals surface area contributed by atoms with E-state index in [0.29, 0.717) is 11.9 Å². The molecule has 2 saturated heterocycles. The lowest BCUT2D eigenvalue weighted by Crippen LogP contribution is -2.50. The van der Waals surface area contributed by atoms with Gasteiger partial charge in [-0.3, -0.25) is 4.79 Å². The van der Waals surface area contributed by atoms with Crippen molar-refractivity contribution in [2.75, 3.05) is 25.1 Å². The molecule has 0 bridgehead atoms. The van der Waals surface area contributed by atoms with Gasteiger partial charge >= 0.3 is 0 Å². The monoisotopic (exact) mass is 228 g/mol. The first kappa shape index (κ1) is 11.3. The summed E-state index contributed by atoms with van der Waals surface area (Å²) in [5.41, 5.74) is 0. The van der Waals surface area contributed by atoms with Crippen molar-refractivity contribution in [3.8, 4) is 0 Å². The minimum absolute atomic E-state index is 0.0920. The van der Waals surface area contributed by atoms with Crippen LogP contribution in [0.3, 0.4) is 0 Å². The van der Waals surface area contributed by atoms with Crippen LogP contribution >= 0.6 is 11.8 Å². The van der Waals surface area contributed by atoms with E-state index in [0.717, 1.165) is 18.7 Å². The van der Waals surface area contributed by atoms with Crippen molar-refractivity contribution in [2.45, 2.75) is 37.8 Å². The van der Waals surface area contributed by atoms with Crippen molar-refractivity contribution in [3.05, 3.63) is 0 Å². The molecule has 15 heavy (non-hydrogen) atoms. The summed E-state index contributed by atoms with van der Waals surface area (Å²) in [6.45, 7) is 1.00. The topological polar surface area (TPSA) is 32.3 Å². The number of nitrogens with one attached hydrogen (secondary N) is 1. The van der Waals surface area contributed by atoms with Crippen LogP contribution < -0.4 is 5.32 Å². The highest BCUT2D eigenvalue weighted by atomic mass is 32.2. The second-order valence-electron chi connectivity index (χ2n) is 4.47. The van der Waals surface area contributed by atoms with Gasteiger partial charge in [-0.2, -0.15) is 11.8 Å². The fraction of sp³-hybridized carbons (Fsp3) is 0.909.